The van der Waals surface area contributed by atoms with Gasteiger partial charge in [0.1, 0.15) is 0 Å². The van der Waals surface area contributed by atoms with E-state index < -0.39 is 10.9 Å². The van der Waals surface area contributed by atoms with Crippen LogP contribution in [0.25, 0.3) is 0 Å². The Morgan fingerprint density at radius 1 is 1.43 bits per heavy atom. The van der Waals surface area contributed by atoms with Crippen LogP contribution in [0.2, 0.25) is 0 Å². The molecular weight excluding hydrogens is 231 g/mol. The maximum absolute atomic E-state index is 10.3. The van der Waals surface area contributed by atoms with Crippen molar-refractivity contribution in [2.24, 2.45) is 0 Å². The number of rotatable bonds is 2. The van der Waals surface area contributed by atoms with Crippen LogP contribution in [-0.4, -0.2) is 43.0 Å². The number of hydrogen-bond donors (Lipinski definition) is 2. The van der Waals surface area contributed by atoms with E-state index in [4.69, 9.17) is 0 Å². The van der Waals surface area contributed by atoms with Gasteiger partial charge in [0.15, 0.2) is 5.13 Å². The van der Waals surface area contributed by atoms with Crippen LogP contribution in [0.1, 0.15) is 26.5 Å². The van der Waals surface area contributed by atoms with E-state index in [-0.39, 0.29) is 35.0 Å². The molecule has 0 aromatic carbocycles. The summed E-state index contributed by atoms with van der Waals surface area (Å²) in [5.74, 6) is 0. The van der Waals surface area contributed by atoms with Gasteiger partial charge in [-0.05, 0) is 0 Å². The van der Waals surface area contributed by atoms with Crippen LogP contribution < -0.4 is 4.72 Å². The first-order chi connectivity index (χ1) is 5.89. The van der Waals surface area contributed by atoms with Gasteiger partial charge in [0, 0.05) is 40.4 Å². The van der Waals surface area contributed by atoms with Gasteiger partial charge in [-0.1, -0.05) is 20.8 Å². The second-order valence-corrected chi connectivity index (χ2v) is 5.25. The Morgan fingerprint density at radius 2 is 2.00 bits per heavy atom. The zero-order valence-corrected chi connectivity index (χ0v) is 12.4. The summed E-state index contributed by atoms with van der Waals surface area (Å²) in [5.41, 5.74) is 0.863. The second kappa shape index (κ2) is 5.46. The Morgan fingerprint density at radius 3 is 2.36 bits per heavy atom. The maximum Gasteiger partial charge on any atom is 0.224 e. The first kappa shape index (κ1) is 14.4. The molecule has 1 radical (unpaired) electrons. The van der Waals surface area contributed by atoms with Gasteiger partial charge in [-0.2, -0.15) is 0 Å². The molecule has 0 bridgehead atoms. The predicted octanol–water partition coefficient (Wildman–Crippen LogP) is 0.998. The SMILES string of the molecule is CC(C)(C)c1csc(N[SH](=O)=O)n1.[Na]. The van der Waals surface area contributed by atoms with Gasteiger partial charge < -0.3 is 0 Å². The van der Waals surface area contributed by atoms with Crippen LogP contribution in [0.5, 0.6) is 0 Å². The topological polar surface area (TPSA) is 59.1 Å². The van der Waals surface area contributed by atoms with E-state index in [0.717, 1.165) is 5.69 Å². The van der Waals surface area contributed by atoms with Gasteiger partial charge in [0.05, 0.1) is 5.69 Å². The third-order valence-electron chi connectivity index (χ3n) is 1.46. The fraction of sp³-hybridized carbons (Fsp3) is 0.571. The molecule has 0 atom stereocenters. The first-order valence-electron chi connectivity index (χ1n) is 3.76. The summed E-state index contributed by atoms with van der Waals surface area (Å²) in [6.07, 6.45) is 0. The molecule has 0 fully saturated rings. The van der Waals surface area contributed by atoms with Crippen LogP contribution in [0.15, 0.2) is 5.38 Å². The molecule has 75 valence electrons. The average molecular weight is 243 g/mol. The van der Waals surface area contributed by atoms with Gasteiger partial charge in [0.2, 0.25) is 10.9 Å². The Labute approximate surface area is 112 Å². The predicted molar refractivity (Wildman–Crippen MR) is 60.5 cm³/mol. The van der Waals surface area contributed by atoms with Crippen molar-refractivity contribution in [3.8, 4) is 0 Å². The van der Waals surface area contributed by atoms with Crippen molar-refractivity contribution < 1.29 is 8.42 Å². The van der Waals surface area contributed by atoms with Crippen LogP contribution in [0.3, 0.4) is 0 Å². The molecule has 4 nitrogen and oxygen atoms in total. The summed E-state index contributed by atoms with van der Waals surface area (Å²) in [7, 11) is -2.60. The molecule has 1 N–H and O–H groups in total. The molecule has 1 aromatic rings. The standard InChI is InChI=1S/C7H12N2O2S2.Na/c1-7(2,3)5-4-12-6(8-5)9-13(10)11;/h4,13H,1-3H3,(H,8,9,10,11);. The van der Waals surface area contributed by atoms with Gasteiger partial charge in [-0.3, -0.25) is 4.72 Å². The van der Waals surface area contributed by atoms with Crippen molar-refractivity contribution in [1.82, 2.24) is 4.98 Å². The quantitative estimate of drug-likeness (QED) is 0.602. The second-order valence-electron chi connectivity index (χ2n) is 3.66. The Bertz CT molecular complexity index is 360. The average Bonchev–Trinajstić information content (AvgIpc) is 2.32. The van der Waals surface area contributed by atoms with Crippen molar-refractivity contribution in [3.05, 3.63) is 11.1 Å². The maximum atomic E-state index is 10.3. The van der Waals surface area contributed by atoms with Crippen LogP contribution >= 0.6 is 11.3 Å². The van der Waals surface area contributed by atoms with E-state index in [0.29, 0.717) is 5.13 Å². The van der Waals surface area contributed by atoms with Crippen molar-refractivity contribution in [3.63, 3.8) is 0 Å². The molecule has 0 aliphatic carbocycles. The number of thiol groups is 1. The number of anilines is 1. The number of hydrogen-bond acceptors (Lipinski definition) is 4. The molecule has 1 rings (SSSR count). The first-order valence-corrected chi connectivity index (χ1v) is 5.82. The third kappa shape index (κ3) is 4.27. The Kier molecular flexibility index (Phi) is 5.61. The zero-order valence-electron chi connectivity index (χ0n) is 8.70. The van der Waals surface area contributed by atoms with Crippen molar-refractivity contribution in [2.75, 3.05) is 4.72 Å². The van der Waals surface area contributed by atoms with Gasteiger partial charge in [0.25, 0.3) is 0 Å². The van der Waals surface area contributed by atoms with Gasteiger partial charge in [-0.25, -0.2) is 13.4 Å². The van der Waals surface area contributed by atoms with Crippen LogP contribution in [-0.2, 0) is 16.3 Å². The van der Waals surface area contributed by atoms with Crippen LogP contribution in [0.4, 0.5) is 5.13 Å². The molecule has 0 aliphatic rings. The van der Waals surface area contributed by atoms with Gasteiger partial charge >= 0.3 is 0 Å². The summed E-state index contributed by atoms with van der Waals surface area (Å²) in [6, 6.07) is 0. The number of nitrogens with zero attached hydrogens (tertiary/aromatic N) is 1. The Balaban J connectivity index is 0.00000169. The smallest absolute Gasteiger partial charge is 0.224 e. The largest absolute Gasteiger partial charge is 0.261 e. The summed E-state index contributed by atoms with van der Waals surface area (Å²) in [5, 5.41) is 2.29. The molecule has 0 unspecified atom stereocenters. The van der Waals surface area contributed by atoms with E-state index >= 15 is 0 Å². The van der Waals surface area contributed by atoms with Crippen molar-refractivity contribution >= 4 is 56.9 Å². The molecule has 7 heteroatoms. The summed E-state index contributed by atoms with van der Waals surface area (Å²) >= 11 is 1.30. The number of aromatic nitrogens is 1. The molecule has 0 saturated carbocycles. The number of thiazole rings is 1. The Hall–Kier alpha value is 0.380. The molecule has 1 heterocycles. The fourth-order valence-electron chi connectivity index (χ4n) is 0.748. The zero-order chi connectivity index (χ0) is 10.1. The molecule has 14 heavy (non-hydrogen) atoms. The van der Waals surface area contributed by atoms with E-state index in [1.807, 2.05) is 26.2 Å². The fourth-order valence-corrected chi connectivity index (χ4v) is 2.17. The van der Waals surface area contributed by atoms with Crippen molar-refractivity contribution in [2.45, 2.75) is 26.2 Å². The molecule has 0 saturated heterocycles. The monoisotopic (exact) mass is 243 g/mol. The van der Waals surface area contributed by atoms with E-state index in [2.05, 4.69) is 9.71 Å². The number of nitrogens with one attached hydrogen (secondary N) is 1. The van der Waals surface area contributed by atoms with Crippen molar-refractivity contribution in [1.29, 1.82) is 0 Å². The normalized spacial score (nSPS) is 11.1. The van der Waals surface area contributed by atoms with E-state index in [1.54, 1.807) is 0 Å². The van der Waals surface area contributed by atoms with Crippen LogP contribution in [0, 0.1) is 0 Å². The van der Waals surface area contributed by atoms with E-state index in [9.17, 15) is 8.42 Å². The summed E-state index contributed by atoms with van der Waals surface area (Å²) in [4.78, 5) is 4.15. The van der Waals surface area contributed by atoms with Gasteiger partial charge in [-0.15, -0.1) is 11.3 Å². The minimum atomic E-state index is -2.60. The summed E-state index contributed by atoms with van der Waals surface area (Å²) < 4.78 is 22.9. The summed E-state index contributed by atoms with van der Waals surface area (Å²) in [6.45, 7) is 6.09. The minimum absolute atomic E-state index is 0. The molecule has 0 spiro atoms. The molecule has 0 amide bonds. The molecule has 0 aliphatic heterocycles. The minimum Gasteiger partial charge on any atom is -0.261 e. The third-order valence-corrected chi connectivity index (χ3v) is 2.76. The molecular formula is C7H12N2NaO2S2. The molecule has 1 aromatic heterocycles. The van der Waals surface area contributed by atoms with E-state index in [1.165, 1.54) is 11.3 Å².